The van der Waals surface area contributed by atoms with Gasteiger partial charge < -0.3 is 9.47 Å². The predicted molar refractivity (Wildman–Crippen MR) is 132 cm³/mol. The normalized spacial score (nSPS) is 16.8. The molecule has 1 heterocycles. The van der Waals surface area contributed by atoms with E-state index in [1.165, 1.54) is 141 Å². The average molecular weight is 425 g/mol. The van der Waals surface area contributed by atoms with Crippen molar-refractivity contribution in [2.75, 3.05) is 13.2 Å². The van der Waals surface area contributed by atoms with Gasteiger partial charge in [-0.05, 0) is 12.8 Å². The molecule has 0 N–H and O–H groups in total. The minimum Gasteiger partial charge on any atom is -0.375 e. The van der Waals surface area contributed by atoms with Crippen LogP contribution in [0.4, 0.5) is 0 Å². The second-order valence-corrected chi connectivity index (χ2v) is 9.85. The minimum absolute atomic E-state index is 0.411. The van der Waals surface area contributed by atoms with Gasteiger partial charge in [-0.2, -0.15) is 0 Å². The summed E-state index contributed by atoms with van der Waals surface area (Å²) < 4.78 is 11.5. The lowest BCUT2D eigenvalue weighted by atomic mass is 10.0. The van der Waals surface area contributed by atoms with Gasteiger partial charge in [-0.3, -0.25) is 0 Å². The Morgan fingerprint density at radius 1 is 0.567 bits per heavy atom. The third kappa shape index (κ3) is 19.9. The Kier molecular flexibility index (Phi) is 20.6. The molecule has 1 saturated heterocycles. The van der Waals surface area contributed by atoms with Crippen molar-refractivity contribution < 1.29 is 9.47 Å². The van der Waals surface area contributed by atoms with Crippen LogP contribution in [-0.4, -0.2) is 25.4 Å². The molecule has 0 saturated carbocycles. The Bertz CT molecular complexity index is 327. The molecular formula is C28H56O2. The van der Waals surface area contributed by atoms with Crippen LogP contribution in [0.25, 0.3) is 0 Å². The van der Waals surface area contributed by atoms with E-state index < -0.39 is 0 Å². The fraction of sp³-hybridized carbons (Fsp3) is 1.00. The Hall–Kier alpha value is -0.0800. The second-order valence-electron chi connectivity index (χ2n) is 9.85. The molecular weight excluding hydrogens is 368 g/mol. The lowest BCUT2D eigenvalue weighted by Gasteiger charge is -2.17. The van der Waals surface area contributed by atoms with Gasteiger partial charge >= 0.3 is 0 Å². The molecule has 1 rings (SSSR count). The van der Waals surface area contributed by atoms with Crippen LogP contribution < -0.4 is 0 Å². The minimum atomic E-state index is 0.411. The van der Waals surface area contributed by atoms with Gasteiger partial charge in [0.1, 0.15) is 6.10 Å². The van der Waals surface area contributed by atoms with E-state index >= 15 is 0 Å². The maximum absolute atomic E-state index is 6.18. The maximum Gasteiger partial charge on any atom is 0.104 e. The number of unbranched alkanes of at least 4 members (excludes halogenated alkanes) is 18. The van der Waals surface area contributed by atoms with Crippen molar-refractivity contribution in [1.29, 1.82) is 0 Å². The summed E-state index contributed by atoms with van der Waals surface area (Å²) in [5.74, 6) is 0. The molecule has 2 nitrogen and oxygen atoms in total. The molecule has 30 heavy (non-hydrogen) atoms. The highest BCUT2D eigenvalue weighted by molar-refractivity contribution is 4.69. The first-order valence-electron chi connectivity index (χ1n) is 14.1. The lowest BCUT2D eigenvalue weighted by molar-refractivity contribution is 0.0288. The summed E-state index contributed by atoms with van der Waals surface area (Å²) in [6, 6.07) is 0. The van der Waals surface area contributed by atoms with Gasteiger partial charge in [0.15, 0.2) is 0 Å². The second kappa shape index (κ2) is 22.1. The van der Waals surface area contributed by atoms with Crippen molar-refractivity contribution in [3.8, 4) is 0 Å². The van der Waals surface area contributed by atoms with Crippen LogP contribution in [-0.2, 0) is 9.47 Å². The maximum atomic E-state index is 6.18. The van der Waals surface area contributed by atoms with E-state index in [1.54, 1.807) is 0 Å². The number of epoxide rings is 1. The fourth-order valence-corrected chi connectivity index (χ4v) is 4.44. The smallest absolute Gasteiger partial charge is 0.104 e. The lowest BCUT2D eigenvalue weighted by Crippen LogP contribution is -2.16. The Labute approximate surface area is 190 Å². The zero-order valence-corrected chi connectivity index (χ0v) is 20.9. The zero-order valence-electron chi connectivity index (χ0n) is 20.9. The molecule has 180 valence electrons. The molecule has 2 atom stereocenters. The molecule has 1 fully saturated rings. The molecule has 2 unspecified atom stereocenters. The SMILES string of the molecule is CCCCCCCCCCCCCCCCC(CCCCCCCC)OCC1CO1. The van der Waals surface area contributed by atoms with Gasteiger partial charge in [0.2, 0.25) is 0 Å². The summed E-state index contributed by atoms with van der Waals surface area (Å²) in [4.78, 5) is 0. The highest BCUT2D eigenvalue weighted by Crippen LogP contribution is 2.19. The van der Waals surface area contributed by atoms with Crippen molar-refractivity contribution in [2.45, 2.75) is 167 Å². The van der Waals surface area contributed by atoms with E-state index in [0.29, 0.717) is 12.2 Å². The third-order valence-electron chi connectivity index (χ3n) is 6.68. The zero-order chi connectivity index (χ0) is 21.5. The summed E-state index contributed by atoms with van der Waals surface area (Å²) in [6.07, 6.45) is 31.8. The van der Waals surface area contributed by atoms with Crippen LogP contribution in [0.5, 0.6) is 0 Å². The van der Waals surface area contributed by atoms with Gasteiger partial charge in [-0.25, -0.2) is 0 Å². The van der Waals surface area contributed by atoms with Crippen LogP contribution in [0.15, 0.2) is 0 Å². The van der Waals surface area contributed by atoms with Crippen LogP contribution in [0.1, 0.15) is 155 Å². The van der Waals surface area contributed by atoms with Crippen LogP contribution in [0.2, 0.25) is 0 Å². The molecule has 0 aliphatic carbocycles. The molecule has 1 aliphatic rings. The van der Waals surface area contributed by atoms with Crippen molar-refractivity contribution in [1.82, 2.24) is 0 Å². The number of hydrogen-bond donors (Lipinski definition) is 0. The number of hydrogen-bond acceptors (Lipinski definition) is 2. The molecule has 0 spiro atoms. The molecule has 0 amide bonds. The van der Waals surface area contributed by atoms with Crippen LogP contribution in [0.3, 0.4) is 0 Å². The first-order chi connectivity index (χ1) is 14.9. The monoisotopic (exact) mass is 424 g/mol. The molecule has 0 radical (unpaired) electrons. The Morgan fingerprint density at radius 2 is 0.900 bits per heavy atom. The van der Waals surface area contributed by atoms with E-state index in [1.807, 2.05) is 0 Å². The topological polar surface area (TPSA) is 21.8 Å². The summed E-state index contributed by atoms with van der Waals surface area (Å²) in [7, 11) is 0. The molecule has 0 bridgehead atoms. The third-order valence-corrected chi connectivity index (χ3v) is 6.68. The first kappa shape index (κ1) is 28.0. The highest BCUT2D eigenvalue weighted by Gasteiger charge is 2.24. The molecule has 0 aromatic heterocycles. The summed E-state index contributed by atoms with van der Waals surface area (Å²) >= 11 is 0. The molecule has 2 heteroatoms. The van der Waals surface area contributed by atoms with Gasteiger partial charge in [-0.1, -0.05) is 142 Å². The van der Waals surface area contributed by atoms with E-state index in [0.717, 1.165) is 13.2 Å². The highest BCUT2D eigenvalue weighted by atomic mass is 16.6. The summed E-state index contributed by atoms with van der Waals surface area (Å²) in [5, 5.41) is 0. The summed E-state index contributed by atoms with van der Waals surface area (Å²) in [6.45, 7) is 6.34. The van der Waals surface area contributed by atoms with E-state index in [2.05, 4.69) is 13.8 Å². The Morgan fingerprint density at radius 3 is 1.23 bits per heavy atom. The molecule has 0 aromatic carbocycles. The van der Waals surface area contributed by atoms with Crippen molar-refractivity contribution in [3.63, 3.8) is 0 Å². The molecule has 0 aromatic rings. The standard InChI is InChI=1S/C28H56O2/c1-3-5-7-9-11-12-13-14-15-16-17-18-20-22-24-27(29-25-28-26-30-28)23-21-19-10-8-6-4-2/h27-28H,3-26H2,1-2H3. The summed E-state index contributed by atoms with van der Waals surface area (Å²) in [5.41, 5.74) is 0. The predicted octanol–water partition coefficient (Wildman–Crippen LogP) is 9.39. The molecule has 1 aliphatic heterocycles. The van der Waals surface area contributed by atoms with Gasteiger partial charge in [0, 0.05) is 0 Å². The van der Waals surface area contributed by atoms with E-state index in [4.69, 9.17) is 9.47 Å². The van der Waals surface area contributed by atoms with Gasteiger partial charge in [0.05, 0.1) is 19.3 Å². The van der Waals surface area contributed by atoms with Gasteiger partial charge in [0.25, 0.3) is 0 Å². The quantitative estimate of drug-likeness (QED) is 0.107. The number of ether oxygens (including phenoxy) is 2. The fourth-order valence-electron chi connectivity index (χ4n) is 4.44. The first-order valence-corrected chi connectivity index (χ1v) is 14.1. The van der Waals surface area contributed by atoms with Crippen molar-refractivity contribution in [2.24, 2.45) is 0 Å². The van der Waals surface area contributed by atoms with Gasteiger partial charge in [-0.15, -0.1) is 0 Å². The van der Waals surface area contributed by atoms with E-state index in [9.17, 15) is 0 Å². The average Bonchev–Trinajstić information content (AvgIpc) is 3.58. The van der Waals surface area contributed by atoms with Crippen molar-refractivity contribution in [3.05, 3.63) is 0 Å². The number of rotatable bonds is 25. The van der Waals surface area contributed by atoms with Crippen LogP contribution >= 0.6 is 0 Å². The Balaban J connectivity index is 1.88. The van der Waals surface area contributed by atoms with E-state index in [-0.39, 0.29) is 0 Å². The van der Waals surface area contributed by atoms with Crippen molar-refractivity contribution >= 4 is 0 Å². The van der Waals surface area contributed by atoms with Crippen LogP contribution in [0, 0.1) is 0 Å². The largest absolute Gasteiger partial charge is 0.375 e.